The molecule has 0 aromatic carbocycles. The number of rotatable bonds is 3. The molecule has 6 nitrogen and oxygen atoms in total. The van der Waals surface area contributed by atoms with Crippen LogP contribution in [0.15, 0.2) is 6.20 Å². The van der Waals surface area contributed by atoms with Gasteiger partial charge in [-0.15, -0.1) is 5.10 Å². The lowest BCUT2D eigenvalue weighted by atomic mass is 10.2. The lowest BCUT2D eigenvalue weighted by Crippen LogP contribution is -2.12. The number of aromatic nitrogens is 3. The number of Topliss-reactive ketones (excluding diaryl/α,β-unsaturated/α-hetero) is 1. The molecule has 0 aliphatic rings. The van der Waals surface area contributed by atoms with Crippen molar-refractivity contribution in [3.05, 3.63) is 17.7 Å². The molecule has 0 unspecified atom stereocenters. The van der Waals surface area contributed by atoms with Crippen molar-refractivity contribution in [1.82, 2.24) is 15.2 Å². The highest BCUT2D eigenvalue weighted by Crippen LogP contribution is 1.98. The first-order valence-electron chi connectivity index (χ1n) is 3.90. The molecule has 0 spiro atoms. The number of aryl methyl sites for hydroxylation is 1. The predicted molar refractivity (Wildman–Crippen MR) is 45.5 cm³/mol. The highest BCUT2D eigenvalue weighted by Gasteiger charge is 2.13. The summed E-state index contributed by atoms with van der Waals surface area (Å²) in [7, 11) is 1.22. The van der Waals surface area contributed by atoms with E-state index in [0.717, 1.165) is 0 Å². The Labute approximate surface area is 80.3 Å². The monoisotopic (exact) mass is 195 g/mol. The van der Waals surface area contributed by atoms with E-state index in [9.17, 15) is 9.59 Å². The fourth-order valence-corrected chi connectivity index (χ4v) is 0.821. The van der Waals surface area contributed by atoms with Crippen LogP contribution in [0.5, 0.6) is 0 Å². The summed E-state index contributed by atoms with van der Waals surface area (Å²) in [6.45, 7) is 1.61. The van der Waals surface area contributed by atoms with Gasteiger partial charge in [0, 0.05) is 0 Å². The molecular weight excluding hydrogens is 186 g/mol. The number of carbonyl (C=O) groups is 2. The summed E-state index contributed by atoms with van der Waals surface area (Å²) in [6, 6.07) is 0. The number of hydrogen-bond acceptors (Lipinski definition) is 6. The molecule has 0 saturated carbocycles. The topological polar surface area (TPSA) is 82.0 Å². The summed E-state index contributed by atoms with van der Waals surface area (Å²) in [6.07, 6.45) is 0.896. The minimum absolute atomic E-state index is 0.128. The van der Waals surface area contributed by atoms with Crippen molar-refractivity contribution in [1.29, 1.82) is 0 Å². The van der Waals surface area contributed by atoms with E-state index in [2.05, 4.69) is 19.9 Å². The number of ether oxygens (including phenoxy) is 1. The number of esters is 1. The van der Waals surface area contributed by atoms with Crippen LogP contribution < -0.4 is 0 Å². The Morgan fingerprint density at radius 2 is 2.21 bits per heavy atom. The first-order chi connectivity index (χ1) is 6.63. The molecule has 74 valence electrons. The maximum atomic E-state index is 11.3. The summed E-state index contributed by atoms with van der Waals surface area (Å²) in [5.74, 6) is -0.623. The van der Waals surface area contributed by atoms with E-state index in [1.807, 2.05) is 0 Å². The van der Waals surface area contributed by atoms with Crippen molar-refractivity contribution in [3.8, 4) is 0 Å². The minimum Gasteiger partial charge on any atom is -0.469 e. The highest BCUT2D eigenvalue weighted by molar-refractivity contribution is 6.04. The van der Waals surface area contributed by atoms with Crippen LogP contribution >= 0.6 is 0 Å². The third kappa shape index (κ3) is 2.58. The lowest BCUT2D eigenvalue weighted by molar-refractivity contribution is -0.139. The zero-order valence-electron chi connectivity index (χ0n) is 7.85. The van der Waals surface area contributed by atoms with Crippen molar-refractivity contribution in [2.45, 2.75) is 13.3 Å². The van der Waals surface area contributed by atoms with Gasteiger partial charge in [-0.3, -0.25) is 9.59 Å². The molecule has 0 atom stereocenters. The first kappa shape index (κ1) is 10.2. The van der Waals surface area contributed by atoms with Gasteiger partial charge in [0.1, 0.15) is 17.9 Å². The normalized spacial score (nSPS) is 9.57. The maximum Gasteiger partial charge on any atom is 0.313 e. The summed E-state index contributed by atoms with van der Waals surface area (Å²) >= 11 is 0. The number of hydrogen-bond donors (Lipinski definition) is 0. The summed E-state index contributed by atoms with van der Waals surface area (Å²) < 4.78 is 4.35. The van der Waals surface area contributed by atoms with Crippen LogP contribution in [-0.2, 0) is 9.53 Å². The van der Waals surface area contributed by atoms with Gasteiger partial charge in [0.05, 0.1) is 13.3 Å². The molecule has 1 rings (SSSR count). The molecule has 0 amide bonds. The summed E-state index contributed by atoms with van der Waals surface area (Å²) in [5.41, 5.74) is 0.128. The van der Waals surface area contributed by atoms with Gasteiger partial charge in [0.15, 0.2) is 5.78 Å². The van der Waals surface area contributed by atoms with Crippen molar-refractivity contribution >= 4 is 11.8 Å². The third-order valence-electron chi connectivity index (χ3n) is 1.48. The van der Waals surface area contributed by atoms with E-state index in [4.69, 9.17) is 0 Å². The Kier molecular flexibility index (Phi) is 3.22. The standard InChI is InChI=1S/C8H9N3O3/c1-5-10-6(4-9-11-5)7(12)3-8(13)14-2/h4H,3H2,1-2H3. The summed E-state index contributed by atoms with van der Waals surface area (Å²) in [5, 5.41) is 7.14. The SMILES string of the molecule is COC(=O)CC(=O)c1cnnc(C)n1. The number of methoxy groups -OCH3 is 1. The van der Waals surface area contributed by atoms with Crippen LogP contribution in [0.25, 0.3) is 0 Å². The van der Waals surface area contributed by atoms with Crippen molar-refractivity contribution in [2.24, 2.45) is 0 Å². The van der Waals surface area contributed by atoms with E-state index < -0.39 is 11.8 Å². The molecule has 0 aliphatic heterocycles. The Balaban J connectivity index is 2.75. The predicted octanol–water partition coefficient (Wildman–Crippen LogP) is -0.0742. The second-order valence-electron chi connectivity index (χ2n) is 2.56. The molecule has 0 radical (unpaired) electrons. The zero-order chi connectivity index (χ0) is 10.6. The third-order valence-corrected chi connectivity index (χ3v) is 1.48. The van der Waals surface area contributed by atoms with Crippen molar-refractivity contribution < 1.29 is 14.3 Å². The van der Waals surface area contributed by atoms with Crippen LogP contribution in [0, 0.1) is 6.92 Å². The van der Waals surface area contributed by atoms with Gasteiger partial charge >= 0.3 is 5.97 Å². The molecule has 6 heteroatoms. The Hall–Kier alpha value is -1.85. The molecule has 0 aliphatic carbocycles. The average Bonchev–Trinajstić information content (AvgIpc) is 2.17. The van der Waals surface area contributed by atoms with Crippen LogP contribution in [0.4, 0.5) is 0 Å². The number of nitrogens with zero attached hydrogens (tertiary/aromatic N) is 3. The minimum atomic E-state index is -0.591. The molecular formula is C8H9N3O3. The van der Waals surface area contributed by atoms with Gasteiger partial charge in [-0.05, 0) is 6.92 Å². The van der Waals surface area contributed by atoms with Gasteiger partial charge in [0.25, 0.3) is 0 Å². The average molecular weight is 195 g/mol. The maximum absolute atomic E-state index is 11.3. The lowest BCUT2D eigenvalue weighted by Gasteiger charge is -1.98. The van der Waals surface area contributed by atoms with E-state index in [0.29, 0.717) is 5.82 Å². The van der Waals surface area contributed by atoms with Gasteiger partial charge < -0.3 is 4.74 Å². The second kappa shape index (κ2) is 4.40. The molecule has 1 heterocycles. The number of carbonyl (C=O) groups excluding carboxylic acids is 2. The highest BCUT2D eigenvalue weighted by atomic mass is 16.5. The zero-order valence-corrected chi connectivity index (χ0v) is 7.85. The van der Waals surface area contributed by atoms with Crippen LogP contribution in [0.1, 0.15) is 22.7 Å². The van der Waals surface area contributed by atoms with E-state index in [1.54, 1.807) is 6.92 Å². The molecule has 0 N–H and O–H groups in total. The molecule has 0 saturated heterocycles. The van der Waals surface area contributed by atoms with Crippen LogP contribution in [0.2, 0.25) is 0 Å². The second-order valence-corrected chi connectivity index (χ2v) is 2.56. The van der Waals surface area contributed by atoms with Gasteiger partial charge in [-0.2, -0.15) is 5.10 Å². The Morgan fingerprint density at radius 3 is 2.79 bits per heavy atom. The van der Waals surface area contributed by atoms with E-state index in [1.165, 1.54) is 13.3 Å². The van der Waals surface area contributed by atoms with Crippen molar-refractivity contribution in [3.63, 3.8) is 0 Å². The fourth-order valence-electron chi connectivity index (χ4n) is 0.821. The molecule has 1 aromatic heterocycles. The van der Waals surface area contributed by atoms with E-state index >= 15 is 0 Å². The molecule has 14 heavy (non-hydrogen) atoms. The molecule has 0 fully saturated rings. The van der Waals surface area contributed by atoms with E-state index in [-0.39, 0.29) is 12.1 Å². The Bertz CT molecular complexity index is 365. The fraction of sp³-hybridized carbons (Fsp3) is 0.375. The van der Waals surface area contributed by atoms with Crippen LogP contribution in [0.3, 0.4) is 0 Å². The van der Waals surface area contributed by atoms with Crippen molar-refractivity contribution in [2.75, 3.05) is 7.11 Å². The smallest absolute Gasteiger partial charge is 0.313 e. The largest absolute Gasteiger partial charge is 0.469 e. The quantitative estimate of drug-likeness (QED) is 0.381. The number of ketones is 1. The molecule has 0 bridgehead atoms. The summed E-state index contributed by atoms with van der Waals surface area (Å²) in [4.78, 5) is 25.9. The van der Waals surface area contributed by atoms with Crippen LogP contribution in [-0.4, -0.2) is 34.0 Å². The van der Waals surface area contributed by atoms with Gasteiger partial charge in [0.2, 0.25) is 0 Å². The van der Waals surface area contributed by atoms with Gasteiger partial charge in [-0.1, -0.05) is 0 Å². The first-order valence-corrected chi connectivity index (χ1v) is 3.90. The molecule has 1 aromatic rings. The Morgan fingerprint density at radius 1 is 1.50 bits per heavy atom. The van der Waals surface area contributed by atoms with Gasteiger partial charge in [-0.25, -0.2) is 4.98 Å².